The number of thioether (sulfide) groups is 1. The molecule has 2 nitrogen and oxygen atoms in total. The third-order valence-electron chi connectivity index (χ3n) is 2.12. The molecule has 0 atom stereocenters. The summed E-state index contributed by atoms with van der Waals surface area (Å²) < 4.78 is 7.68. The summed E-state index contributed by atoms with van der Waals surface area (Å²) in [4.78, 5) is 4.29. The average Bonchev–Trinajstić information content (AvgIpc) is 2.39. The minimum Gasteiger partial charge on any atom is -0.493 e. The molecule has 94 valence electrons. The van der Waals surface area contributed by atoms with E-state index in [0.717, 1.165) is 25.5 Å². The molecule has 5 heteroatoms. The summed E-state index contributed by atoms with van der Waals surface area (Å²) in [5.74, 6) is 1.77. The highest BCUT2D eigenvalue weighted by atomic mass is 79.9. The van der Waals surface area contributed by atoms with Crippen molar-refractivity contribution < 1.29 is 4.74 Å². The quantitative estimate of drug-likeness (QED) is 0.543. The van der Waals surface area contributed by atoms with Gasteiger partial charge in [-0.05, 0) is 52.3 Å². The Morgan fingerprint density at radius 2 is 1.72 bits per heavy atom. The maximum Gasteiger partial charge on any atom is 0.119 e. The third-order valence-corrected chi connectivity index (χ3v) is 4.02. The van der Waals surface area contributed by atoms with E-state index in [4.69, 9.17) is 4.74 Å². The summed E-state index contributed by atoms with van der Waals surface area (Å²) in [5, 5.41) is 1.01. The van der Waals surface area contributed by atoms with E-state index in [1.54, 1.807) is 18.0 Å². The highest BCUT2D eigenvalue weighted by Crippen LogP contribution is 2.19. The molecule has 2 rings (SSSR count). The van der Waals surface area contributed by atoms with Gasteiger partial charge in [0.15, 0.2) is 0 Å². The van der Waals surface area contributed by atoms with Crippen LogP contribution >= 0.6 is 43.6 Å². The monoisotopic (exact) mass is 387 g/mol. The molecule has 1 aromatic carbocycles. The number of rotatable bonds is 5. The predicted molar refractivity (Wildman–Crippen MR) is 82.3 cm³/mol. The second-order valence-electron chi connectivity index (χ2n) is 3.47. The molecule has 0 spiro atoms. The van der Waals surface area contributed by atoms with Crippen LogP contribution in [0.2, 0.25) is 0 Å². The van der Waals surface area contributed by atoms with E-state index in [-0.39, 0.29) is 0 Å². The van der Waals surface area contributed by atoms with E-state index >= 15 is 0 Å². The molecule has 0 radical (unpaired) electrons. The van der Waals surface area contributed by atoms with Crippen LogP contribution in [-0.4, -0.2) is 17.3 Å². The minimum atomic E-state index is 0.671. The Balaban J connectivity index is 1.73. The molecule has 1 aromatic heterocycles. The Hall–Kier alpha value is -0.520. The molecule has 0 aliphatic rings. The van der Waals surface area contributed by atoms with Gasteiger partial charge >= 0.3 is 0 Å². The Bertz CT molecular complexity index is 440. The molecule has 0 bridgehead atoms. The highest BCUT2D eigenvalue weighted by Gasteiger charge is 1.97. The molecule has 0 saturated carbocycles. The van der Waals surface area contributed by atoms with Crippen molar-refractivity contribution in [3.05, 3.63) is 51.5 Å². The van der Waals surface area contributed by atoms with Gasteiger partial charge < -0.3 is 4.74 Å². The summed E-state index contributed by atoms with van der Waals surface area (Å²) in [5.41, 5.74) is 0. The number of hydrogen-bond donors (Lipinski definition) is 0. The topological polar surface area (TPSA) is 22.1 Å². The number of nitrogens with zero attached hydrogens (tertiary/aromatic N) is 1. The third kappa shape index (κ3) is 4.63. The summed E-state index contributed by atoms with van der Waals surface area (Å²) in [7, 11) is 0. The van der Waals surface area contributed by atoms with E-state index in [9.17, 15) is 0 Å². The van der Waals surface area contributed by atoms with Crippen molar-refractivity contribution in [3.8, 4) is 5.75 Å². The van der Waals surface area contributed by atoms with Crippen molar-refractivity contribution in [3.63, 3.8) is 0 Å². The lowest BCUT2D eigenvalue weighted by molar-refractivity contribution is 0.344. The fraction of sp³-hybridized carbons (Fsp3) is 0.154. The fourth-order valence-electron chi connectivity index (χ4n) is 1.28. The van der Waals surface area contributed by atoms with E-state index < -0.39 is 0 Å². The smallest absolute Gasteiger partial charge is 0.119 e. The lowest BCUT2D eigenvalue weighted by Crippen LogP contribution is -2.00. The zero-order chi connectivity index (χ0) is 12.8. The van der Waals surface area contributed by atoms with Gasteiger partial charge in [-0.2, -0.15) is 0 Å². The van der Waals surface area contributed by atoms with E-state index in [1.165, 1.54) is 0 Å². The molecule has 0 amide bonds. The van der Waals surface area contributed by atoms with Gasteiger partial charge in [0.1, 0.15) is 5.75 Å². The Kier molecular flexibility index (Phi) is 5.53. The Morgan fingerprint density at radius 1 is 1.00 bits per heavy atom. The van der Waals surface area contributed by atoms with Crippen molar-refractivity contribution in [1.82, 2.24) is 4.98 Å². The molecule has 0 N–H and O–H groups in total. The van der Waals surface area contributed by atoms with Crippen molar-refractivity contribution in [2.45, 2.75) is 5.03 Å². The standard InChI is InChI=1S/C13H11Br2NOS/c14-10-1-4-12(5-2-10)17-7-8-18-13-6-3-11(15)9-16-13/h1-6,9H,7-8H2. The summed E-state index contributed by atoms with van der Waals surface area (Å²) in [6.45, 7) is 0.671. The fourth-order valence-corrected chi connectivity index (χ4v) is 2.45. The van der Waals surface area contributed by atoms with Crippen molar-refractivity contribution in [2.75, 3.05) is 12.4 Å². The van der Waals surface area contributed by atoms with Gasteiger partial charge in [-0.25, -0.2) is 4.98 Å². The average molecular weight is 389 g/mol. The van der Waals surface area contributed by atoms with Gasteiger partial charge in [0.2, 0.25) is 0 Å². The number of ether oxygens (including phenoxy) is 1. The van der Waals surface area contributed by atoms with Gasteiger partial charge in [-0.15, -0.1) is 11.8 Å². The minimum absolute atomic E-state index is 0.671. The van der Waals surface area contributed by atoms with Crippen LogP contribution in [0.15, 0.2) is 56.6 Å². The van der Waals surface area contributed by atoms with Crippen LogP contribution in [0.4, 0.5) is 0 Å². The number of pyridine rings is 1. The van der Waals surface area contributed by atoms with Crippen molar-refractivity contribution >= 4 is 43.6 Å². The van der Waals surface area contributed by atoms with E-state index in [2.05, 4.69) is 36.8 Å². The van der Waals surface area contributed by atoms with Gasteiger partial charge in [0, 0.05) is 20.9 Å². The molecular formula is C13H11Br2NOS. The van der Waals surface area contributed by atoms with E-state index in [1.807, 2.05) is 36.4 Å². The van der Waals surface area contributed by atoms with Crippen LogP contribution in [0.3, 0.4) is 0 Å². The Morgan fingerprint density at radius 3 is 2.39 bits per heavy atom. The SMILES string of the molecule is Brc1ccc(OCCSc2ccc(Br)cn2)cc1. The molecule has 0 aliphatic heterocycles. The Labute approximate surface area is 127 Å². The van der Waals surface area contributed by atoms with Gasteiger partial charge in [0.05, 0.1) is 11.6 Å². The molecule has 18 heavy (non-hydrogen) atoms. The summed E-state index contributed by atoms with van der Waals surface area (Å²) in [6.07, 6.45) is 1.80. The lowest BCUT2D eigenvalue weighted by atomic mass is 10.3. The predicted octanol–water partition coefficient (Wildman–Crippen LogP) is 4.78. The molecule has 2 aromatic rings. The first kappa shape index (κ1) is 13.9. The normalized spacial score (nSPS) is 10.3. The van der Waals surface area contributed by atoms with Gasteiger partial charge in [0.25, 0.3) is 0 Å². The van der Waals surface area contributed by atoms with Crippen LogP contribution in [0, 0.1) is 0 Å². The van der Waals surface area contributed by atoms with Crippen LogP contribution in [-0.2, 0) is 0 Å². The second-order valence-corrected chi connectivity index (χ2v) is 6.41. The molecular weight excluding hydrogens is 378 g/mol. The molecule has 0 unspecified atom stereocenters. The lowest BCUT2D eigenvalue weighted by Gasteiger charge is -2.05. The first-order valence-corrected chi connectivity index (χ1v) is 7.94. The zero-order valence-electron chi connectivity index (χ0n) is 9.48. The van der Waals surface area contributed by atoms with Crippen LogP contribution < -0.4 is 4.74 Å². The molecule has 0 saturated heterocycles. The van der Waals surface area contributed by atoms with E-state index in [0.29, 0.717) is 6.61 Å². The van der Waals surface area contributed by atoms with Crippen molar-refractivity contribution in [2.24, 2.45) is 0 Å². The first-order valence-electron chi connectivity index (χ1n) is 5.37. The van der Waals surface area contributed by atoms with Crippen molar-refractivity contribution in [1.29, 1.82) is 0 Å². The van der Waals surface area contributed by atoms with Gasteiger partial charge in [-0.3, -0.25) is 0 Å². The van der Waals surface area contributed by atoms with Crippen LogP contribution in [0.25, 0.3) is 0 Å². The largest absolute Gasteiger partial charge is 0.493 e. The summed E-state index contributed by atoms with van der Waals surface area (Å²) >= 11 is 8.44. The molecule has 1 heterocycles. The maximum atomic E-state index is 5.63. The molecule has 0 fully saturated rings. The number of halogens is 2. The number of aromatic nitrogens is 1. The summed E-state index contributed by atoms with van der Waals surface area (Å²) in [6, 6.07) is 11.8. The highest BCUT2D eigenvalue weighted by molar-refractivity contribution is 9.10. The zero-order valence-corrected chi connectivity index (χ0v) is 13.5. The van der Waals surface area contributed by atoms with Crippen LogP contribution in [0.5, 0.6) is 5.75 Å². The first-order chi connectivity index (χ1) is 8.74. The van der Waals surface area contributed by atoms with Crippen LogP contribution in [0.1, 0.15) is 0 Å². The maximum absolute atomic E-state index is 5.63. The number of hydrogen-bond acceptors (Lipinski definition) is 3. The number of benzene rings is 1. The second kappa shape index (κ2) is 7.16. The molecule has 0 aliphatic carbocycles. The van der Waals surface area contributed by atoms with Gasteiger partial charge in [-0.1, -0.05) is 15.9 Å².